The molecular weight excluding hydrogens is 470 g/mol. The normalized spacial score (nSPS) is 10.8. The van der Waals surface area contributed by atoms with Crippen molar-refractivity contribution in [3.63, 3.8) is 0 Å². The van der Waals surface area contributed by atoms with E-state index in [1.807, 2.05) is 24.4 Å². The van der Waals surface area contributed by atoms with E-state index in [-0.39, 0.29) is 0 Å². The highest BCUT2D eigenvalue weighted by molar-refractivity contribution is 5.79. The third-order valence-electron chi connectivity index (χ3n) is 7.12. The highest BCUT2D eigenvalue weighted by Gasteiger charge is 2.09. The van der Waals surface area contributed by atoms with Crippen LogP contribution in [0.1, 0.15) is 16.7 Å². The van der Waals surface area contributed by atoms with Crippen LogP contribution < -0.4 is 0 Å². The summed E-state index contributed by atoms with van der Waals surface area (Å²) in [5.41, 5.74) is 13.1. The molecule has 39 heavy (non-hydrogen) atoms. The lowest BCUT2D eigenvalue weighted by Crippen LogP contribution is -1.93. The molecule has 6 aromatic rings. The molecule has 1 nitrogen and oxygen atoms in total. The number of nitrogens with zero attached hydrogens (tertiary/aromatic N) is 1. The molecule has 6 rings (SSSR count). The maximum Gasteiger partial charge on any atom is 0.0702 e. The number of aromatic nitrogens is 1. The van der Waals surface area contributed by atoms with Gasteiger partial charge in [0.15, 0.2) is 0 Å². The molecule has 1 heterocycles. The lowest BCUT2D eigenvalue weighted by atomic mass is 9.92. The molecule has 0 aliphatic carbocycles. The van der Waals surface area contributed by atoms with Crippen LogP contribution in [0.25, 0.3) is 50.7 Å². The van der Waals surface area contributed by atoms with E-state index in [0.29, 0.717) is 0 Å². The minimum Gasteiger partial charge on any atom is -0.256 e. The zero-order valence-electron chi connectivity index (χ0n) is 21.8. The van der Waals surface area contributed by atoms with Crippen LogP contribution in [0.4, 0.5) is 0 Å². The third-order valence-corrected chi connectivity index (χ3v) is 7.12. The van der Waals surface area contributed by atoms with Crippen LogP contribution >= 0.6 is 0 Å². The first kappa shape index (κ1) is 24.3. The van der Waals surface area contributed by atoms with Crippen LogP contribution in [-0.2, 0) is 6.42 Å². The molecule has 5 aromatic carbocycles. The zero-order valence-corrected chi connectivity index (χ0v) is 21.8. The van der Waals surface area contributed by atoms with E-state index < -0.39 is 0 Å². The summed E-state index contributed by atoms with van der Waals surface area (Å²) in [6.07, 6.45) is 4.62. The second-order valence-electron chi connectivity index (χ2n) is 9.74. The summed E-state index contributed by atoms with van der Waals surface area (Å²) in [4.78, 5) is 4.53. The van der Waals surface area contributed by atoms with E-state index in [0.717, 1.165) is 23.2 Å². The van der Waals surface area contributed by atoms with Crippen LogP contribution in [0.3, 0.4) is 0 Å². The average molecular weight is 500 g/mol. The molecule has 0 saturated carbocycles. The third kappa shape index (κ3) is 5.49. The molecule has 0 bridgehead atoms. The second kappa shape index (κ2) is 11.2. The van der Waals surface area contributed by atoms with Gasteiger partial charge in [0, 0.05) is 11.8 Å². The van der Waals surface area contributed by atoms with Gasteiger partial charge in [-0.2, -0.15) is 0 Å². The number of pyridine rings is 1. The Morgan fingerprint density at radius 2 is 1.10 bits per heavy atom. The quantitative estimate of drug-likeness (QED) is 0.213. The van der Waals surface area contributed by atoms with Crippen LogP contribution in [0.15, 0.2) is 152 Å². The van der Waals surface area contributed by atoms with Crippen molar-refractivity contribution in [2.45, 2.75) is 6.42 Å². The molecule has 0 fully saturated rings. The molecule has 0 N–H and O–H groups in total. The molecule has 0 atom stereocenters. The molecule has 0 saturated heterocycles. The Balaban J connectivity index is 1.33. The summed E-state index contributed by atoms with van der Waals surface area (Å²) in [5.74, 6) is 0. The van der Waals surface area contributed by atoms with E-state index >= 15 is 0 Å². The molecule has 0 aliphatic rings. The first-order valence-corrected chi connectivity index (χ1v) is 13.3. The summed E-state index contributed by atoms with van der Waals surface area (Å²) in [5, 5.41) is 0. The van der Waals surface area contributed by atoms with Crippen LogP contribution in [0.2, 0.25) is 0 Å². The summed E-state index contributed by atoms with van der Waals surface area (Å²) >= 11 is 0. The fourth-order valence-electron chi connectivity index (χ4n) is 5.14. The van der Waals surface area contributed by atoms with E-state index in [1.165, 1.54) is 44.5 Å². The lowest BCUT2D eigenvalue weighted by molar-refractivity contribution is 1.19. The molecule has 0 aliphatic heterocycles. The van der Waals surface area contributed by atoms with Gasteiger partial charge in [-0.05, 0) is 86.8 Å². The summed E-state index contributed by atoms with van der Waals surface area (Å²) in [6, 6.07) is 49.6. The molecule has 186 valence electrons. The summed E-state index contributed by atoms with van der Waals surface area (Å²) < 4.78 is 0. The molecule has 0 spiro atoms. The Kier molecular flexibility index (Phi) is 6.97. The molecule has 0 unspecified atom stereocenters. The number of hydrogen-bond acceptors (Lipinski definition) is 1. The minimum atomic E-state index is 0.879. The topological polar surface area (TPSA) is 12.9 Å². The molecular formula is C38H29N. The van der Waals surface area contributed by atoms with Gasteiger partial charge in [0.05, 0.1) is 5.69 Å². The van der Waals surface area contributed by atoms with Crippen molar-refractivity contribution < 1.29 is 0 Å². The highest BCUT2D eigenvalue weighted by atomic mass is 14.7. The maximum absolute atomic E-state index is 4.53. The van der Waals surface area contributed by atoms with Crippen molar-refractivity contribution in [3.05, 3.63) is 169 Å². The Hall–Kier alpha value is -5.01. The minimum absolute atomic E-state index is 0.879. The average Bonchev–Trinajstić information content (AvgIpc) is 3.02. The molecule has 0 amide bonds. The predicted molar refractivity (Wildman–Crippen MR) is 165 cm³/mol. The van der Waals surface area contributed by atoms with Gasteiger partial charge in [-0.25, -0.2) is 0 Å². The van der Waals surface area contributed by atoms with Crippen LogP contribution in [-0.4, -0.2) is 4.98 Å². The lowest BCUT2D eigenvalue weighted by Gasteiger charge is -2.13. The molecule has 0 radical (unpaired) electrons. The van der Waals surface area contributed by atoms with E-state index in [9.17, 15) is 0 Å². The zero-order chi connectivity index (χ0) is 26.4. The SMILES string of the molecule is C=Cc1cccc(Cc2ccccc2-c2cccc(-c3cccc(-c4cccc(-c5ccccn5)c4)c3)c2)c1. The van der Waals surface area contributed by atoms with Crippen LogP contribution in [0.5, 0.6) is 0 Å². The van der Waals surface area contributed by atoms with Crippen molar-refractivity contribution in [2.24, 2.45) is 0 Å². The Bertz CT molecular complexity index is 1750. The summed E-state index contributed by atoms with van der Waals surface area (Å²) in [7, 11) is 0. The highest BCUT2D eigenvalue weighted by Crippen LogP contribution is 2.32. The second-order valence-corrected chi connectivity index (χ2v) is 9.74. The first-order valence-electron chi connectivity index (χ1n) is 13.3. The van der Waals surface area contributed by atoms with Crippen molar-refractivity contribution in [2.75, 3.05) is 0 Å². The van der Waals surface area contributed by atoms with Gasteiger partial charge >= 0.3 is 0 Å². The maximum atomic E-state index is 4.53. The Labute approximate surface area is 230 Å². The van der Waals surface area contributed by atoms with Crippen molar-refractivity contribution >= 4 is 6.08 Å². The van der Waals surface area contributed by atoms with Gasteiger partial charge in [-0.15, -0.1) is 0 Å². The number of hydrogen-bond donors (Lipinski definition) is 0. The standard InChI is InChI=1S/C38H29N/c1-2-28-11-7-12-29(23-28)24-34-13-3-4-20-37(34)35-18-9-16-32(26-35)30-14-8-15-31(25-30)33-17-10-19-36(27-33)38-21-5-6-22-39-38/h2-23,25-27H,1,24H2. The van der Waals surface area contributed by atoms with Gasteiger partial charge in [-0.3, -0.25) is 4.98 Å². The van der Waals surface area contributed by atoms with Gasteiger partial charge < -0.3 is 0 Å². The Morgan fingerprint density at radius 1 is 0.513 bits per heavy atom. The van der Waals surface area contributed by atoms with Gasteiger partial charge in [0.25, 0.3) is 0 Å². The van der Waals surface area contributed by atoms with E-state index in [1.54, 1.807) is 0 Å². The van der Waals surface area contributed by atoms with Crippen molar-refractivity contribution in [1.82, 2.24) is 4.98 Å². The van der Waals surface area contributed by atoms with E-state index in [4.69, 9.17) is 0 Å². The summed E-state index contributed by atoms with van der Waals surface area (Å²) in [6.45, 7) is 3.92. The largest absolute Gasteiger partial charge is 0.256 e. The van der Waals surface area contributed by atoms with Crippen molar-refractivity contribution in [1.29, 1.82) is 0 Å². The Morgan fingerprint density at radius 3 is 1.79 bits per heavy atom. The molecule has 1 aromatic heterocycles. The van der Waals surface area contributed by atoms with Gasteiger partial charge in [0.2, 0.25) is 0 Å². The van der Waals surface area contributed by atoms with Gasteiger partial charge in [-0.1, -0.05) is 122 Å². The molecule has 1 heteroatoms. The van der Waals surface area contributed by atoms with Gasteiger partial charge in [0.1, 0.15) is 0 Å². The van der Waals surface area contributed by atoms with Crippen LogP contribution in [0, 0.1) is 0 Å². The fraction of sp³-hybridized carbons (Fsp3) is 0.0263. The predicted octanol–water partition coefficient (Wildman–Crippen LogP) is 9.98. The van der Waals surface area contributed by atoms with Crippen molar-refractivity contribution in [3.8, 4) is 44.6 Å². The smallest absolute Gasteiger partial charge is 0.0702 e. The van der Waals surface area contributed by atoms with E-state index in [2.05, 4.69) is 139 Å². The number of rotatable bonds is 7. The fourth-order valence-corrected chi connectivity index (χ4v) is 5.14. The number of benzene rings is 5. The first-order chi connectivity index (χ1) is 19.3. The monoisotopic (exact) mass is 499 g/mol.